The molecule has 0 aromatic heterocycles. The third-order valence-electron chi connectivity index (χ3n) is 4.49. The lowest BCUT2D eigenvalue weighted by Gasteiger charge is -2.04. The molecule has 2 aromatic carbocycles. The van der Waals surface area contributed by atoms with Gasteiger partial charge in [0, 0.05) is 11.1 Å². The molecular formula is C20H22O. The van der Waals surface area contributed by atoms with E-state index in [4.69, 9.17) is 0 Å². The van der Waals surface area contributed by atoms with E-state index in [9.17, 15) is 4.79 Å². The first kappa shape index (κ1) is 14.1. The van der Waals surface area contributed by atoms with Gasteiger partial charge in [0.05, 0.1) is 0 Å². The number of unbranched alkanes of at least 4 members (excludes halogenated alkanes) is 1. The van der Waals surface area contributed by atoms with Gasteiger partial charge in [-0.1, -0.05) is 74.4 Å². The molecule has 1 heteroatoms. The van der Waals surface area contributed by atoms with E-state index in [0.29, 0.717) is 0 Å². The van der Waals surface area contributed by atoms with Crippen molar-refractivity contribution < 1.29 is 4.79 Å². The number of rotatable bonds is 6. The summed E-state index contributed by atoms with van der Waals surface area (Å²) in [6.07, 6.45) is 5.30. The number of hydrogen-bond donors (Lipinski definition) is 0. The fraction of sp³-hybridized carbons (Fsp3) is 0.350. The Bertz CT molecular complexity index is 597. The number of benzene rings is 2. The Hall–Kier alpha value is -1.89. The lowest BCUT2D eigenvalue weighted by molar-refractivity contribution is 0.103. The molecule has 0 amide bonds. The molecule has 0 N–H and O–H groups in total. The highest BCUT2D eigenvalue weighted by Crippen LogP contribution is 2.50. The third kappa shape index (κ3) is 3.24. The molecule has 1 nitrogen and oxygen atoms in total. The van der Waals surface area contributed by atoms with Crippen LogP contribution >= 0.6 is 0 Å². The molecule has 1 saturated carbocycles. The quantitative estimate of drug-likeness (QED) is 0.663. The van der Waals surface area contributed by atoms with Crippen LogP contribution < -0.4 is 0 Å². The van der Waals surface area contributed by atoms with Gasteiger partial charge in [-0.25, -0.2) is 0 Å². The van der Waals surface area contributed by atoms with E-state index in [-0.39, 0.29) is 5.78 Å². The molecule has 0 radical (unpaired) electrons. The summed E-state index contributed by atoms with van der Waals surface area (Å²) in [4.78, 5) is 12.3. The largest absolute Gasteiger partial charge is 0.289 e. The number of hydrogen-bond acceptors (Lipinski definition) is 1. The Kier molecular flexibility index (Phi) is 4.19. The molecule has 1 aliphatic carbocycles. The highest BCUT2D eigenvalue weighted by Gasteiger charge is 2.37. The molecule has 0 heterocycles. The van der Waals surface area contributed by atoms with Crippen LogP contribution in [0.2, 0.25) is 0 Å². The van der Waals surface area contributed by atoms with Gasteiger partial charge in [0.2, 0.25) is 0 Å². The molecule has 3 rings (SSSR count). The van der Waals surface area contributed by atoms with Crippen LogP contribution in [0.3, 0.4) is 0 Å². The molecule has 2 aromatic rings. The number of ketones is 1. The maximum absolute atomic E-state index is 12.3. The molecule has 1 fully saturated rings. The predicted molar refractivity (Wildman–Crippen MR) is 86.7 cm³/mol. The Morgan fingerprint density at radius 3 is 2.33 bits per heavy atom. The highest BCUT2D eigenvalue weighted by atomic mass is 16.1. The van der Waals surface area contributed by atoms with Crippen molar-refractivity contribution in [1.82, 2.24) is 0 Å². The zero-order chi connectivity index (χ0) is 14.7. The minimum atomic E-state index is 0.112. The Morgan fingerprint density at radius 2 is 1.67 bits per heavy atom. The van der Waals surface area contributed by atoms with Gasteiger partial charge < -0.3 is 0 Å². The molecule has 108 valence electrons. The minimum absolute atomic E-state index is 0.112. The second-order valence-corrected chi connectivity index (χ2v) is 6.06. The normalized spacial score (nSPS) is 20.2. The van der Waals surface area contributed by atoms with Crippen LogP contribution in [0.5, 0.6) is 0 Å². The smallest absolute Gasteiger partial charge is 0.193 e. The standard InChI is InChI=1S/C20H22O/c1-2-3-7-18-14-19(18)15-10-12-17(13-11-15)20(21)16-8-5-4-6-9-16/h4-6,8-13,18-19H,2-3,7,14H2,1H3/t18-,19+/m1/s1. The van der Waals surface area contributed by atoms with Crippen molar-refractivity contribution in [3.05, 3.63) is 71.3 Å². The summed E-state index contributed by atoms with van der Waals surface area (Å²) in [5.74, 6) is 1.72. The Balaban J connectivity index is 1.67. The minimum Gasteiger partial charge on any atom is -0.289 e. The fourth-order valence-electron chi connectivity index (χ4n) is 3.08. The number of carbonyl (C=O) groups is 1. The topological polar surface area (TPSA) is 17.1 Å². The van der Waals surface area contributed by atoms with Crippen LogP contribution in [0.4, 0.5) is 0 Å². The Labute approximate surface area is 127 Å². The lowest BCUT2D eigenvalue weighted by atomic mass is 10.00. The van der Waals surface area contributed by atoms with E-state index >= 15 is 0 Å². The fourth-order valence-corrected chi connectivity index (χ4v) is 3.08. The molecule has 0 bridgehead atoms. The van der Waals surface area contributed by atoms with Crippen LogP contribution in [0.15, 0.2) is 54.6 Å². The predicted octanol–water partition coefficient (Wildman–Crippen LogP) is 5.21. The van der Waals surface area contributed by atoms with E-state index in [2.05, 4.69) is 19.1 Å². The summed E-state index contributed by atoms with van der Waals surface area (Å²) in [6, 6.07) is 17.8. The van der Waals surface area contributed by atoms with Gasteiger partial charge in [-0.05, 0) is 30.2 Å². The van der Waals surface area contributed by atoms with Gasteiger partial charge in [0.1, 0.15) is 0 Å². The summed E-state index contributed by atoms with van der Waals surface area (Å²) < 4.78 is 0. The van der Waals surface area contributed by atoms with Gasteiger partial charge in [-0.2, -0.15) is 0 Å². The average molecular weight is 278 g/mol. The Morgan fingerprint density at radius 1 is 1.00 bits per heavy atom. The first-order valence-electron chi connectivity index (χ1n) is 7.99. The molecule has 0 saturated heterocycles. The maximum atomic E-state index is 12.3. The molecular weight excluding hydrogens is 256 g/mol. The summed E-state index contributed by atoms with van der Waals surface area (Å²) >= 11 is 0. The second kappa shape index (κ2) is 6.26. The summed E-state index contributed by atoms with van der Waals surface area (Å²) in [5.41, 5.74) is 2.95. The molecule has 2 atom stereocenters. The van der Waals surface area contributed by atoms with Crippen LogP contribution in [0.1, 0.15) is 60.0 Å². The van der Waals surface area contributed by atoms with Crippen LogP contribution in [-0.4, -0.2) is 5.78 Å². The van der Waals surface area contributed by atoms with Gasteiger partial charge in [0.15, 0.2) is 5.78 Å². The highest BCUT2D eigenvalue weighted by molar-refractivity contribution is 6.08. The SMILES string of the molecule is CCCC[C@@H]1C[C@H]1c1ccc(C(=O)c2ccccc2)cc1. The van der Waals surface area contributed by atoms with Gasteiger partial charge in [-0.15, -0.1) is 0 Å². The van der Waals surface area contributed by atoms with E-state index in [0.717, 1.165) is 23.0 Å². The van der Waals surface area contributed by atoms with Crippen LogP contribution in [-0.2, 0) is 0 Å². The first-order chi connectivity index (χ1) is 10.3. The van der Waals surface area contributed by atoms with E-state index in [1.807, 2.05) is 42.5 Å². The van der Waals surface area contributed by atoms with E-state index in [1.54, 1.807) is 0 Å². The lowest BCUT2D eigenvalue weighted by Crippen LogP contribution is -2.00. The van der Waals surface area contributed by atoms with Crippen LogP contribution in [0.25, 0.3) is 0 Å². The first-order valence-corrected chi connectivity index (χ1v) is 7.99. The molecule has 0 aliphatic heterocycles. The van der Waals surface area contributed by atoms with Gasteiger partial charge in [-0.3, -0.25) is 4.79 Å². The van der Waals surface area contributed by atoms with Crippen molar-refractivity contribution in [1.29, 1.82) is 0 Å². The monoisotopic (exact) mass is 278 g/mol. The van der Waals surface area contributed by atoms with Crippen molar-refractivity contribution in [2.75, 3.05) is 0 Å². The zero-order valence-electron chi connectivity index (χ0n) is 12.6. The maximum Gasteiger partial charge on any atom is 0.193 e. The summed E-state index contributed by atoms with van der Waals surface area (Å²) in [5, 5.41) is 0. The van der Waals surface area contributed by atoms with Crippen molar-refractivity contribution in [3.8, 4) is 0 Å². The second-order valence-electron chi connectivity index (χ2n) is 6.06. The molecule has 0 spiro atoms. The van der Waals surface area contributed by atoms with Gasteiger partial charge >= 0.3 is 0 Å². The average Bonchev–Trinajstić information content (AvgIpc) is 3.33. The van der Waals surface area contributed by atoms with Crippen LogP contribution in [0, 0.1) is 5.92 Å². The third-order valence-corrected chi connectivity index (χ3v) is 4.49. The molecule has 21 heavy (non-hydrogen) atoms. The van der Waals surface area contributed by atoms with E-state index in [1.165, 1.54) is 31.2 Å². The summed E-state index contributed by atoms with van der Waals surface area (Å²) in [7, 11) is 0. The van der Waals surface area contributed by atoms with Crippen molar-refractivity contribution in [2.45, 2.75) is 38.5 Å². The van der Waals surface area contributed by atoms with Crippen molar-refractivity contribution in [3.63, 3.8) is 0 Å². The van der Waals surface area contributed by atoms with Gasteiger partial charge in [0.25, 0.3) is 0 Å². The number of carbonyl (C=O) groups excluding carboxylic acids is 1. The molecule has 1 aliphatic rings. The van der Waals surface area contributed by atoms with E-state index < -0.39 is 0 Å². The summed E-state index contributed by atoms with van der Waals surface area (Å²) in [6.45, 7) is 2.25. The van der Waals surface area contributed by atoms with Crippen molar-refractivity contribution >= 4 is 5.78 Å². The zero-order valence-corrected chi connectivity index (χ0v) is 12.6. The molecule has 0 unspecified atom stereocenters. The van der Waals surface area contributed by atoms with Crippen molar-refractivity contribution in [2.24, 2.45) is 5.92 Å².